The van der Waals surface area contributed by atoms with Gasteiger partial charge in [0.05, 0.1) is 32.2 Å². The van der Waals surface area contributed by atoms with Gasteiger partial charge in [-0.1, -0.05) is 18.2 Å². The summed E-state index contributed by atoms with van der Waals surface area (Å²) in [4.78, 5) is 19.0. The van der Waals surface area contributed by atoms with Gasteiger partial charge in [-0.05, 0) is 42.7 Å². The van der Waals surface area contributed by atoms with Crippen molar-refractivity contribution in [3.8, 4) is 17.2 Å². The van der Waals surface area contributed by atoms with Gasteiger partial charge in [0.25, 0.3) is 0 Å². The second-order valence-electron chi connectivity index (χ2n) is 7.15. The molecule has 1 saturated heterocycles. The van der Waals surface area contributed by atoms with E-state index in [4.69, 9.17) is 9.47 Å². The van der Waals surface area contributed by atoms with Crippen molar-refractivity contribution >= 4 is 5.91 Å². The molecule has 0 saturated carbocycles. The average Bonchev–Trinajstić information content (AvgIpc) is 3.30. The number of aromatic nitrogens is 2. The highest BCUT2D eigenvalue weighted by molar-refractivity contribution is 5.78. The lowest BCUT2D eigenvalue weighted by molar-refractivity contribution is -0.137. The smallest absolute Gasteiger partial charge is 0.223 e. The molecule has 29 heavy (non-hydrogen) atoms. The van der Waals surface area contributed by atoms with Gasteiger partial charge in [0.1, 0.15) is 11.5 Å². The largest absolute Gasteiger partial charge is 0.496 e. The number of rotatable bonds is 6. The predicted molar refractivity (Wildman–Crippen MR) is 110 cm³/mol. The molecule has 1 unspecified atom stereocenters. The quantitative estimate of drug-likeness (QED) is 0.634. The van der Waals surface area contributed by atoms with Gasteiger partial charge in [0, 0.05) is 31.0 Å². The van der Waals surface area contributed by atoms with Crippen LogP contribution >= 0.6 is 0 Å². The molecular weight excluding hydrogens is 366 g/mol. The van der Waals surface area contributed by atoms with Crippen LogP contribution in [0, 0.1) is 0 Å². The Morgan fingerprint density at radius 2 is 1.86 bits per heavy atom. The van der Waals surface area contributed by atoms with Crippen LogP contribution in [0.25, 0.3) is 5.69 Å². The summed E-state index contributed by atoms with van der Waals surface area (Å²) in [5.41, 5.74) is 3.04. The number of carbonyl (C=O) groups excluding carboxylic acids is 1. The van der Waals surface area contributed by atoms with Crippen molar-refractivity contribution in [2.24, 2.45) is 0 Å². The van der Waals surface area contributed by atoms with Crippen molar-refractivity contribution in [3.05, 3.63) is 72.3 Å². The first kappa shape index (κ1) is 19.1. The van der Waals surface area contributed by atoms with E-state index < -0.39 is 0 Å². The lowest BCUT2D eigenvalue weighted by atomic mass is 9.92. The second-order valence-corrected chi connectivity index (χ2v) is 7.15. The monoisotopic (exact) mass is 391 g/mol. The fraction of sp³-hybridized carbons (Fsp3) is 0.304. The standard InChI is InChI=1S/C23H25N3O3/c1-28-20-9-5-10-21(29-2)23(20)19-8-4-11-22(27)26(19)15-17-6-3-7-18(14-17)25-13-12-24-16-25/h3,5-7,9-10,12-14,16,19H,4,8,11,15H2,1-2H3. The number of amides is 1. The summed E-state index contributed by atoms with van der Waals surface area (Å²) < 4.78 is 13.2. The maximum Gasteiger partial charge on any atom is 0.223 e. The lowest BCUT2D eigenvalue weighted by Crippen LogP contribution is -2.38. The van der Waals surface area contributed by atoms with Crippen LogP contribution in [0.15, 0.2) is 61.2 Å². The number of imidazole rings is 1. The van der Waals surface area contributed by atoms with E-state index in [2.05, 4.69) is 17.1 Å². The molecule has 0 spiro atoms. The SMILES string of the molecule is COc1cccc(OC)c1C1CCCC(=O)N1Cc1cccc(-n2ccnc2)c1. The highest BCUT2D eigenvalue weighted by atomic mass is 16.5. The van der Waals surface area contributed by atoms with Crippen LogP contribution in [0.3, 0.4) is 0 Å². The summed E-state index contributed by atoms with van der Waals surface area (Å²) in [5, 5.41) is 0. The molecule has 0 N–H and O–H groups in total. The van der Waals surface area contributed by atoms with Crippen LogP contribution in [0.4, 0.5) is 0 Å². The van der Waals surface area contributed by atoms with E-state index >= 15 is 0 Å². The molecule has 0 bridgehead atoms. The van der Waals surface area contributed by atoms with E-state index in [1.165, 1.54) is 0 Å². The summed E-state index contributed by atoms with van der Waals surface area (Å²) in [6, 6.07) is 13.9. The first-order valence-electron chi connectivity index (χ1n) is 9.79. The van der Waals surface area contributed by atoms with E-state index in [9.17, 15) is 4.79 Å². The molecule has 1 aliphatic heterocycles. The third-order valence-corrected chi connectivity index (χ3v) is 5.43. The molecule has 6 nitrogen and oxygen atoms in total. The Kier molecular flexibility index (Phi) is 5.51. The van der Waals surface area contributed by atoms with Gasteiger partial charge < -0.3 is 18.9 Å². The molecule has 150 valence electrons. The zero-order valence-corrected chi connectivity index (χ0v) is 16.7. The number of nitrogens with zero attached hydrogens (tertiary/aromatic N) is 3. The van der Waals surface area contributed by atoms with Gasteiger partial charge in [-0.3, -0.25) is 4.79 Å². The van der Waals surface area contributed by atoms with E-state index in [1.54, 1.807) is 26.7 Å². The minimum absolute atomic E-state index is 0.0840. The van der Waals surface area contributed by atoms with Gasteiger partial charge in [0.2, 0.25) is 5.91 Å². The van der Waals surface area contributed by atoms with Crippen LogP contribution in [-0.4, -0.2) is 34.6 Å². The summed E-state index contributed by atoms with van der Waals surface area (Å²) >= 11 is 0. The molecule has 0 aliphatic carbocycles. The van der Waals surface area contributed by atoms with Gasteiger partial charge in [0.15, 0.2) is 0 Å². The fourth-order valence-corrected chi connectivity index (χ4v) is 4.05. The number of piperidine rings is 1. The number of hydrogen-bond donors (Lipinski definition) is 0. The van der Waals surface area contributed by atoms with Crippen molar-refractivity contribution in [2.75, 3.05) is 14.2 Å². The Morgan fingerprint density at radius 1 is 1.10 bits per heavy atom. The molecule has 1 aliphatic rings. The Balaban J connectivity index is 1.69. The second kappa shape index (κ2) is 8.39. The molecule has 0 radical (unpaired) electrons. The van der Waals surface area contributed by atoms with Crippen molar-refractivity contribution in [1.82, 2.24) is 14.5 Å². The van der Waals surface area contributed by atoms with E-state index in [-0.39, 0.29) is 11.9 Å². The highest BCUT2D eigenvalue weighted by Crippen LogP contribution is 2.42. The Bertz CT molecular complexity index is 963. The molecule has 2 aromatic carbocycles. The van der Waals surface area contributed by atoms with Crippen LogP contribution in [-0.2, 0) is 11.3 Å². The summed E-state index contributed by atoms with van der Waals surface area (Å²) in [6.07, 6.45) is 7.74. The number of methoxy groups -OCH3 is 2. The molecule has 6 heteroatoms. The number of ether oxygens (including phenoxy) is 2. The third kappa shape index (κ3) is 3.83. The Hall–Kier alpha value is -3.28. The van der Waals surface area contributed by atoms with Crippen LogP contribution in [0.5, 0.6) is 11.5 Å². The van der Waals surface area contributed by atoms with Crippen molar-refractivity contribution in [2.45, 2.75) is 31.8 Å². The normalized spacial score (nSPS) is 16.7. The Morgan fingerprint density at radius 3 is 2.55 bits per heavy atom. The highest BCUT2D eigenvalue weighted by Gasteiger charge is 2.33. The number of hydrogen-bond acceptors (Lipinski definition) is 4. The van der Waals surface area contributed by atoms with E-state index in [1.807, 2.05) is 46.0 Å². The van der Waals surface area contributed by atoms with Crippen LogP contribution in [0.2, 0.25) is 0 Å². The number of carbonyl (C=O) groups is 1. The van der Waals surface area contributed by atoms with E-state index in [0.717, 1.165) is 41.2 Å². The Labute approximate surface area is 170 Å². The first-order chi connectivity index (χ1) is 14.2. The molecule has 1 aromatic heterocycles. The van der Waals surface area contributed by atoms with Crippen LogP contribution in [0.1, 0.15) is 36.4 Å². The van der Waals surface area contributed by atoms with Gasteiger partial charge >= 0.3 is 0 Å². The lowest BCUT2D eigenvalue weighted by Gasteiger charge is -2.37. The summed E-state index contributed by atoms with van der Waals surface area (Å²) in [6.45, 7) is 0.535. The first-order valence-corrected chi connectivity index (χ1v) is 9.79. The topological polar surface area (TPSA) is 56.6 Å². The van der Waals surface area contributed by atoms with Crippen molar-refractivity contribution in [3.63, 3.8) is 0 Å². The minimum Gasteiger partial charge on any atom is -0.496 e. The molecule has 3 aromatic rings. The molecule has 1 fully saturated rings. The van der Waals surface area contributed by atoms with Gasteiger partial charge in [-0.25, -0.2) is 4.98 Å². The molecule has 4 rings (SSSR count). The average molecular weight is 391 g/mol. The summed E-state index contributed by atoms with van der Waals surface area (Å²) in [7, 11) is 3.31. The zero-order valence-electron chi connectivity index (χ0n) is 16.7. The fourth-order valence-electron chi connectivity index (χ4n) is 4.05. The maximum absolute atomic E-state index is 12.9. The van der Waals surface area contributed by atoms with Gasteiger partial charge in [-0.2, -0.15) is 0 Å². The van der Waals surface area contributed by atoms with Crippen molar-refractivity contribution < 1.29 is 14.3 Å². The summed E-state index contributed by atoms with van der Waals surface area (Å²) in [5.74, 6) is 1.66. The molecule has 1 amide bonds. The molecule has 1 atom stereocenters. The van der Waals surface area contributed by atoms with Crippen LogP contribution < -0.4 is 9.47 Å². The minimum atomic E-state index is -0.0840. The zero-order chi connectivity index (χ0) is 20.2. The predicted octanol–water partition coefficient (Wildman–Crippen LogP) is 4.14. The third-order valence-electron chi connectivity index (χ3n) is 5.43. The molecule has 2 heterocycles. The number of benzene rings is 2. The van der Waals surface area contributed by atoms with E-state index in [0.29, 0.717) is 13.0 Å². The van der Waals surface area contributed by atoms with Gasteiger partial charge in [-0.15, -0.1) is 0 Å². The molecular formula is C23H25N3O3. The maximum atomic E-state index is 12.9. The van der Waals surface area contributed by atoms with Crippen molar-refractivity contribution in [1.29, 1.82) is 0 Å². The number of likely N-dealkylation sites (tertiary alicyclic amines) is 1.